The minimum Gasteiger partial charge on any atom is -0.423 e. The van der Waals surface area contributed by atoms with Crippen LogP contribution in [0.4, 0.5) is 5.69 Å². The number of rotatable bonds is 4. The number of hydrogen-bond donors (Lipinski definition) is 1. The summed E-state index contributed by atoms with van der Waals surface area (Å²) in [7, 11) is 0. The van der Waals surface area contributed by atoms with Crippen LogP contribution < -0.4 is 10.1 Å². The van der Waals surface area contributed by atoms with Gasteiger partial charge in [-0.1, -0.05) is 12.1 Å². The Morgan fingerprint density at radius 3 is 2.48 bits per heavy atom. The zero-order chi connectivity index (χ0) is 17.6. The molecule has 0 bridgehead atoms. The maximum absolute atomic E-state index is 11.9. The smallest absolute Gasteiger partial charge is 0.336 e. The van der Waals surface area contributed by atoms with Crippen molar-refractivity contribution in [3.05, 3.63) is 66.5 Å². The number of benzene rings is 2. The Labute approximate surface area is 144 Å². The number of aromatic nitrogens is 2. The average molecular weight is 333 g/mol. The molecule has 0 unspecified atom stereocenters. The van der Waals surface area contributed by atoms with Gasteiger partial charge in [0.2, 0.25) is 5.91 Å². The molecule has 3 aromatic rings. The van der Waals surface area contributed by atoms with Crippen molar-refractivity contribution in [1.82, 2.24) is 9.97 Å². The lowest BCUT2D eigenvalue weighted by atomic mass is 10.3. The molecule has 0 saturated carbocycles. The first-order valence-electron chi connectivity index (χ1n) is 7.59. The molecule has 25 heavy (non-hydrogen) atoms. The molecule has 6 nitrogen and oxygen atoms in total. The number of anilines is 1. The lowest BCUT2D eigenvalue weighted by Gasteiger charge is -2.04. The maximum Gasteiger partial charge on any atom is 0.336 e. The third-order valence-corrected chi connectivity index (χ3v) is 3.25. The van der Waals surface area contributed by atoms with Crippen molar-refractivity contribution >= 4 is 34.7 Å². The quantitative estimate of drug-likeness (QED) is 0.450. The largest absolute Gasteiger partial charge is 0.423 e. The topological polar surface area (TPSA) is 81.2 Å². The number of nitrogens with zero attached hydrogens (tertiary/aromatic N) is 2. The van der Waals surface area contributed by atoms with Gasteiger partial charge in [-0.15, -0.1) is 0 Å². The summed E-state index contributed by atoms with van der Waals surface area (Å²) in [4.78, 5) is 31.5. The highest BCUT2D eigenvalue weighted by molar-refractivity contribution is 5.90. The molecule has 1 amide bonds. The number of amides is 1. The van der Waals surface area contributed by atoms with Crippen LogP contribution in [0, 0.1) is 0 Å². The van der Waals surface area contributed by atoms with Crippen LogP contribution in [0.5, 0.6) is 5.75 Å². The molecule has 3 rings (SSSR count). The summed E-state index contributed by atoms with van der Waals surface area (Å²) >= 11 is 0. The number of esters is 1. The second-order valence-electron chi connectivity index (χ2n) is 5.24. The second kappa shape index (κ2) is 7.35. The van der Waals surface area contributed by atoms with Gasteiger partial charge in [0.1, 0.15) is 5.75 Å². The number of ether oxygens (including phenoxy) is 1. The van der Waals surface area contributed by atoms with Gasteiger partial charge < -0.3 is 10.1 Å². The summed E-state index contributed by atoms with van der Waals surface area (Å²) in [5.41, 5.74) is 2.75. The van der Waals surface area contributed by atoms with Crippen molar-refractivity contribution in [2.45, 2.75) is 6.92 Å². The van der Waals surface area contributed by atoms with E-state index in [4.69, 9.17) is 4.74 Å². The lowest BCUT2D eigenvalue weighted by molar-refractivity contribution is -0.128. The van der Waals surface area contributed by atoms with Gasteiger partial charge in [0, 0.05) is 18.7 Å². The Balaban J connectivity index is 1.64. The van der Waals surface area contributed by atoms with E-state index in [1.807, 2.05) is 24.3 Å². The van der Waals surface area contributed by atoms with Gasteiger partial charge in [-0.2, -0.15) is 0 Å². The van der Waals surface area contributed by atoms with E-state index in [0.717, 1.165) is 11.0 Å². The van der Waals surface area contributed by atoms with Crippen molar-refractivity contribution in [1.29, 1.82) is 0 Å². The van der Waals surface area contributed by atoms with Crippen molar-refractivity contribution in [3.63, 3.8) is 0 Å². The van der Waals surface area contributed by atoms with E-state index >= 15 is 0 Å². The van der Waals surface area contributed by atoms with Crippen molar-refractivity contribution < 1.29 is 14.3 Å². The Hall–Kier alpha value is -3.54. The Morgan fingerprint density at radius 1 is 1.04 bits per heavy atom. The fraction of sp³-hybridized carbons (Fsp3) is 0.0526. The summed E-state index contributed by atoms with van der Waals surface area (Å²) in [6.07, 6.45) is 4.43. The molecule has 1 heterocycles. The van der Waals surface area contributed by atoms with E-state index in [-0.39, 0.29) is 5.91 Å². The molecule has 2 aromatic carbocycles. The molecule has 124 valence electrons. The molecule has 0 aliphatic carbocycles. The lowest BCUT2D eigenvalue weighted by Crippen LogP contribution is -2.06. The highest BCUT2D eigenvalue weighted by Gasteiger charge is 2.02. The van der Waals surface area contributed by atoms with Crippen LogP contribution in [0.1, 0.15) is 12.6 Å². The number of fused-ring (bicyclic) bond motifs is 1. The molecule has 0 atom stereocenters. The molecule has 0 aliphatic heterocycles. The standard InChI is InChI=1S/C19H15N3O3/c1-13(23)21-14-6-9-16(10-7-14)25-19(24)11-8-15-12-20-17-4-2-3-5-18(17)22-15/h2-12H,1H3,(H,21,23)/b11-8+. The van der Waals surface area contributed by atoms with E-state index in [9.17, 15) is 9.59 Å². The van der Waals surface area contributed by atoms with Crippen molar-refractivity contribution in [2.75, 3.05) is 5.32 Å². The van der Waals surface area contributed by atoms with Gasteiger partial charge in [-0.05, 0) is 42.5 Å². The van der Waals surface area contributed by atoms with Crippen LogP contribution in [0.15, 0.2) is 60.8 Å². The normalized spacial score (nSPS) is 10.8. The summed E-state index contributed by atoms with van der Waals surface area (Å²) in [6.45, 7) is 1.43. The van der Waals surface area contributed by atoms with Crippen LogP contribution >= 0.6 is 0 Å². The number of hydrogen-bond acceptors (Lipinski definition) is 5. The fourth-order valence-corrected chi connectivity index (χ4v) is 2.16. The van der Waals surface area contributed by atoms with Gasteiger partial charge in [0.15, 0.2) is 0 Å². The first-order chi connectivity index (χ1) is 12.1. The molecular formula is C19H15N3O3. The molecule has 0 saturated heterocycles. The van der Waals surface area contributed by atoms with Crippen LogP contribution in [0.2, 0.25) is 0 Å². The Morgan fingerprint density at radius 2 is 1.76 bits per heavy atom. The van der Waals surface area contributed by atoms with E-state index in [1.165, 1.54) is 13.0 Å². The molecule has 0 radical (unpaired) electrons. The number of para-hydroxylation sites is 2. The fourth-order valence-electron chi connectivity index (χ4n) is 2.16. The van der Waals surface area contributed by atoms with Gasteiger partial charge in [-0.3, -0.25) is 9.78 Å². The minimum absolute atomic E-state index is 0.163. The third kappa shape index (κ3) is 4.48. The number of carbonyl (C=O) groups excluding carboxylic acids is 2. The highest BCUT2D eigenvalue weighted by Crippen LogP contribution is 2.16. The van der Waals surface area contributed by atoms with Gasteiger partial charge in [0.05, 0.1) is 22.9 Å². The van der Waals surface area contributed by atoms with E-state index < -0.39 is 5.97 Å². The number of nitrogens with one attached hydrogen (secondary N) is 1. The molecule has 1 N–H and O–H groups in total. The SMILES string of the molecule is CC(=O)Nc1ccc(OC(=O)/C=C/c2cnc3ccccc3n2)cc1. The van der Waals surface area contributed by atoms with Crippen molar-refractivity contribution in [2.24, 2.45) is 0 Å². The zero-order valence-corrected chi connectivity index (χ0v) is 13.5. The van der Waals surface area contributed by atoms with E-state index in [1.54, 1.807) is 36.5 Å². The summed E-state index contributed by atoms with van der Waals surface area (Å²) in [5.74, 6) is -0.306. The van der Waals surface area contributed by atoms with Crippen LogP contribution in [-0.4, -0.2) is 21.8 Å². The Bertz CT molecular complexity index is 950. The number of carbonyl (C=O) groups is 2. The van der Waals surface area contributed by atoms with Crippen LogP contribution in [0.3, 0.4) is 0 Å². The minimum atomic E-state index is -0.526. The first kappa shape index (κ1) is 16.3. The van der Waals surface area contributed by atoms with E-state index in [2.05, 4.69) is 15.3 Å². The van der Waals surface area contributed by atoms with E-state index in [0.29, 0.717) is 17.1 Å². The molecule has 1 aromatic heterocycles. The van der Waals surface area contributed by atoms with Gasteiger partial charge >= 0.3 is 5.97 Å². The summed E-state index contributed by atoms with van der Waals surface area (Å²) in [6, 6.07) is 14.0. The monoisotopic (exact) mass is 333 g/mol. The summed E-state index contributed by atoms with van der Waals surface area (Å²) < 4.78 is 5.20. The molecule has 6 heteroatoms. The molecule has 0 fully saturated rings. The van der Waals surface area contributed by atoms with Crippen LogP contribution in [-0.2, 0) is 9.59 Å². The first-order valence-corrected chi connectivity index (χ1v) is 7.59. The summed E-state index contributed by atoms with van der Waals surface area (Å²) in [5, 5.41) is 2.64. The van der Waals surface area contributed by atoms with Crippen molar-refractivity contribution in [3.8, 4) is 5.75 Å². The average Bonchev–Trinajstić information content (AvgIpc) is 2.61. The Kier molecular flexibility index (Phi) is 4.80. The molecule has 0 spiro atoms. The predicted octanol–water partition coefficient (Wildman–Crippen LogP) is 3.21. The highest BCUT2D eigenvalue weighted by atomic mass is 16.5. The molecule has 0 aliphatic rings. The zero-order valence-electron chi connectivity index (χ0n) is 13.5. The maximum atomic E-state index is 11.9. The van der Waals surface area contributed by atoms with Gasteiger partial charge in [-0.25, -0.2) is 9.78 Å². The van der Waals surface area contributed by atoms with Gasteiger partial charge in [0.25, 0.3) is 0 Å². The predicted molar refractivity (Wildman–Crippen MR) is 95.0 cm³/mol. The second-order valence-corrected chi connectivity index (χ2v) is 5.24. The van der Waals surface area contributed by atoms with Crippen LogP contribution in [0.25, 0.3) is 17.1 Å². The third-order valence-electron chi connectivity index (χ3n) is 3.25. The molecular weight excluding hydrogens is 318 g/mol.